The van der Waals surface area contributed by atoms with Crippen LogP contribution in [0.1, 0.15) is 20.8 Å². The Hall–Kier alpha value is -0.570. The van der Waals surface area contributed by atoms with Crippen molar-refractivity contribution in [3.05, 3.63) is 22.7 Å². The fraction of sp³-hybridized carbons (Fsp3) is 0.556. The van der Waals surface area contributed by atoms with Gasteiger partial charge in [-0.15, -0.1) is 0 Å². The van der Waals surface area contributed by atoms with Crippen LogP contribution in [-0.4, -0.2) is 14.2 Å². The van der Waals surface area contributed by atoms with Crippen molar-refractivity contribution in [1.29, 1.82) is 0 Å². The van der Waals surface area contributed by atoms with Crippen LogP contribution in [-0.2, 0) is 13.6 Å². The smallest absolute Gasteiger partial charge is 0.362 e. The van der Waals surface area contributed by atoms with Crippen LogP contribution in [0.25, 0.3) is 0 Å². The summed E-state index contributed by atoms with van der Waals surface area (Å²) in [6, 6.07) is 0. The number of allylic oxidation sites excluding steroid dienone is 3. The second-order valence-electron chi connectivity index (χ2n) is 2.95. The molecule has 0 saturated carbocycles. The maximum absolute atomic E-state index is 12.0. The summed E-state index contributed by atoms with van der Waals surface area (Å²) in [5.74, 6) is 0. The van der Waals surface area contributed by atoms with Crippen molar-refractivity contribution in [2.24, 2.45) is 5.73 Å². The second kappa shape index (κ2) is 5.35. The summed E-state index contributed by atoms with van der Waals surface area (Å²) in [6.45, 7) is 5.43. The molecular formula is C9H18NO3P. The van der Waals surface area contributed by atoms with Crippen LogP contribution < -0.4 is 5.73 Å². The Balaban J connectivity index is 5.33. The minimum atomic E-state index is -3.22. The fourth-order valence-electron chi connectivity index (χ4n) is 0.989. The highest BCUT2D eigenvalue weighted by molar-refractivity contribution is 7.58. The van der Waals surface area contributed by atoms with Crippen LogP contribution in [0.15, 0.2) is 22.7 Å². The van der Waals surface area contributed by atoms with Crippen molar-refractivity contribution in [1.82, 2.24) is 0 Å². The molecule has 0 aromatic heterocycles. The predicted octanol–water partition coefficient (Wildman–Crippen LogP) is 2.63. The van der Waals surface area contributed by atoms with E-state index in [0.717, 1.165) is 5.57 Å². The molecule has 5 heteroatoms. The van der Waals surface area contributed by atoms with Gasteiger partial charge in [-0.05, 0) is 20.8 Å². The molecule has 0 aliphatic carbocycles. The maximum Gasteiger partial charge on any atom is 0.362 e. The third kappa shape index (κ3) is 2.71. The monoisotopic (exact) mass is 219 g/mol. The van der Waals surface area contributed by atoms with Gasteiger partial charge in [0, 0.05) is 19.9 Å². The van der Waals surface area contributed by atoms with E-state index >= 15 is 0 Å². The summed E-state index contributed by atoms with van der Waals surface area (Å²) in [6.07, 6.45) is 1.65. The Labute approximate surface area is 85.3 Å². The molecule has 0 heterocycles. The first-order chi connectivity index (χ1) is 6.42. The first-order valence-corrected chi connectivity index (χ1v) is 5.79. The van der Waals surface area contributed by atoms with Crippen LogP contribution in [0.4, 0.5) is 0 Å². The first kappa shape index (κ1) is 13.4. The molecule has 2 N–H and O–H groups in total. The van der Waals surface area contributed by atoms with E-state index in [-0.39, 0.29) is 0 Å². The third-order valence-corrected chi connectivity index (χ3v) is 3.91. The molecule has 0 aromatic carbocycles. The summed E-state index contributed by atoms with van der Waals surface area (Å²) >= 11 is 0. The number of rotatable bonds is 4. The lowest BCUT2D eigenvalue weighted by molar-refractivity contribution is 0.283. The van der Waals surface area contributed by atoms with Crippen molar-refractivity contribution in [2.45, 2.75) is 20.8 Å². The van der Waals surface area contributed by atoms with Gasteiger partial charge in [-0.1, -0.05) is 11.6 Å². The molecule has 0 aliphatic heterocycles. The van der Waals surface area contributed by atoms with E-state index in [0.29, 0.717) is 11.0 Å². The summed E-state index contributed by atoms with van der Waals surface area (Å²) in [5.41, 5.74) is 7.13. The van der Waals surface area contributed by atoms with Crippen LogP contribution in [0.2, 0.25) is 0 Å². The number of nitrogens with two attached hydrogens (primary N) is 1. The zero-order chi connectivity index (χ0) is 11.4. The molecule has 14 heavy (non-hydrogen) atoms. The molecule has 4 nitrogen and oxygen atoms in total. The van der Waals surface area contributed by atoms with Crippen molar-refractivity contribution in [2.75, 3.05) is 14.2 Å². The SMILES string of the molecule is C/C=C(\C(N)=C(C)C)P(=O)(OC)OC. The van der Waals surface area contributed by atoms with Gasteiger partial charge >= 0.3 is 7.60 Å². The van der Waals surface area contributed by atoms with Crippen molar-refractivity contribution in [3.63, 3.8) is 0 Å². The molecule has 82 valence electrons. The molecule has 0 aromatic rings. The van der Waals surface area contributed by atoms with E-state index in [1.807, 2.05) is 13.8 Å². The zero-order valence-corrected chi connectivity index (χ0v) is 10.2. The van der Waals surface area contributed by atoms with E-state index < -0.39 is 7.60 Å². The normalized spacial score (nSPS) is 12.8. The molecule has 0 atom stereocenters. The van der Waals surface area contributed by atoms with Gasteiger partial charge in [0.25, 0.3) is 0 Å². The molecule has 0 unspecified atom stereocenters. The van der Waals surface area contributed by atoms with Crippen LogP contribution in [0.3, 0.4) is 0 Å². The Morgan fingerprint density at radius 1 is 1.29 bits per heavy atom. The Kier molecular flexibility index (Phi) is 5.13. The predicted molar refractivity (Wildman–Crippen MR) is 57.9 cm³/mol. The van der Waals surface area contributed by atoms with Gasteiger partial charge in [-0.2, -0.15) is 0 Å². The number of hydrogen-bond donors (Lipinski definition) is 1. The molecule has 0 saturated heterocycles. The zero-order valence-electron chi connectivity index (χ0n) is 9.33. The molecule has 0 aliphatic rings. The van der Waals surface area contributed by atoms with Crippen LogP contribution in [0.5, 0.6) is 0 Å². The Bertz CT molecular complexity index is 295. The van der Waals surface area contributed by atoms with Crippen LogP contribution >= 0.6 is 7.60 Å². The first-order valence-electron chi connectivity index (χ1n) is 4.24. The van der Waals surface area contributed by atoms with Crippen LogP contribution in [0, 0.1) is 0 Å². The molecule has 0 amide bonds. The van der Waals surface area contributed by atoms with Gasteiger partial charge < -0.3 is 14.8 Å². The molecule has 0 rings (SSSR count). The topological polar surface area (TPSA) is 61.6 Å². The van der Waals surface area contributed by atoms with Gasteiger partial charge in [0.05, 0.1) is 5.31 Å². The highest BCUT2D eigenvalue weighted by atomic mass is 31.2. The second-order valence-corrected chi connectivity index (χ2v) is 5.16. The molecule has 0 fully saturated rings. The van der Waals surface area contributed by atoms with Crippen molar-refractivity contribution >= 4 is 7.60 Å². The lowest BCUT2D eigenvalue weighted by Crippen LogP contribution is -2.06. The highest BCUT2D eigenvalue weighted by Crippen LogP contribution is 2.56. The quantitative estimate of drug-likeness (QED) is 0.583. The van der Waals surface area contributed by atoms with E-state index in [4.69, 9.17) is 14.8 Å². The summed E-state index contributed by atoms with van der Waals surface area (Å²) in [4.78, 5) is 0. The van der Waals surface area contributed by atoms with E-state index in [9.17, 15) is 4.57 Å². The standard InChI is InChI=1S/C9H18NO3P/c1-6-8(9(10)7(2)3)14(11,12-4)13-5/h6H,10H2,1-5H3/b8-6+. The Morgan fingerprint density at radius 2 is 1.71 bits per heavy atom. The van der Waals surface area contributed by atoms with Crippen molar-refractivity contribution in [3.8, 4) is 0 Å². The van der Waals surface area contributed by atoms with E-state index in [1.54, 1.807) is 13.0 Å². The van der Waals surface area contributed by atoms with Gasteiger partial charge in [0.1, 0.15) is 0 Å². The van der Waals surface area contributed by atoms with Gasteiger partial charge in [0.2, 0.25) is 0 Å². The van der Waals surface area contributed by atoms with Gasteiger partial charge in [-0.25, -0.2) is 0 Å². The molecular weight excluding hydrogens is 201 g/mol. The van der Waals surface area contributed by atoms with Gasteiger partial charge in [-0.3, -0.25) is 4.57 Å². The van der Waals surface area contributed by atoms with Crippen molar-refractivity contribution < 1.29 is 13.6 Å². The van der Waals surface area contributed by atoms with E-state index in [1.165, 1.54) is 14.2 Å². The van der Waals surface area contributed by atoms with Gasteiger partial charge in [0.15, 0.2) is 0 Å². The minimum absolute atomic E-state index is 0.419. The fourth-order valence-corrected chi connectivity index (χ4v) is 2.37. The lowest BCUT2D eigenvalue weighted by atomic mass is 10.2. The lowest BCUT2D eigenvalue weighted by Gasteiger charge is -2.18. The summed E-state index contributed by atoms with van der Waals surface area (Å²) in [7, 11) is -0.544. The average Bonchev–Trinajstić information content (AvgIpc) is 2.18. The number of hydrogen-bond acceptors (Lipinski definition) is 4. The highest BCUT2D eigenvalue weighted by Gasteiger charge is 2.28. The summed E-state index contributed by atoms with van der Waals surface area (Å²) in [5, 5.41) is 0.419. The maximum atomic E-state index is 12.0. The molecule has 0 bridgehead atoms. The average molecular weight is 219 g/mol. The largest absolute Gasteiger partial charge is 0.398 e. The van der Waals surface area contributed by atoms with E-state index in [2.05, 4.69) is 0 Å². The Morgan fingerprint density at radius 3 is 1.93 bits per heavy atom. The molecule has 0 spiro atoms. The minimum Gasteiger partial charge on any atom is -0.398 e. The molecule has 0 radical (unpaired) electrons. The summed E-state index contributed by atoms with van der Waals surface area (Å²) < 4.78 is 21.7. The third-order valence-electron chi connectivity index (χ3n) is 1.86.